The third-order valence-corrected chi connectivity index (χ3v) is 6.25. The normalized spacial score (nSPS) is 22.8. The number of hydrogen-bond donors (Lipinski definition) is 1. The third-order valence-electron chi connectivity index (χ3n) is 6.25. The highest BCUT2D eigenvalue weighted by molar-refractivity contribution is 5.92. The first-order valence-electron chi connectivity index (χ1n) is 10.3. The average molecular weight is 381 g/mol. The van der Waals surface area contributed by atoms with Crippen molar-refractivity contribution < 1.29 is 14.3 Å². The van der Waals surface area contributed by atoms with Crippen LogP contribution in [0.15, 0.2) is 36.5 Å². The maximum absolute atomic E-state index is 12.6. The van der Waals surface area contributed by atoms with E-state index < -0.39 is 5.79 Å². The predicted molar refractivity (Wildman–Crippen MR) is 107 cm³/mol. The Bertz CT molecular complexity index is 885. The number of aromatic nitrogens is 1. The van der Waals surface area contributed by atoms with E-state index >= 15 is 0 Å². The van der Waals surface area contributed by atoms with Gasteiger partial charge in [0.1, 0.15) is 0 Å². The average Bonchev–Trinajstić information content (AvgIpc) is 3.29. The molecule has 148 valence electrons. The second-order valence-electron chi connectivity index (χ2n) is 8.16. The van der Waals surface area contributed by atoms with Gasteiger partial charge in [0.05, 0.1) is 6.54 Å². The minimum Gasteiger partial charge on any atom is -0.448 e. The van der Waals surface area contributed by atoms with Gasteiger partial charge in [-0.3, -0.25) is 9.69 Å². The number of carbonyl (C=O) groups excluding carboxylic acids is 1. The molecule has 1 saturated carbocycles. The summed E-state index contributed by atoms with van der Waals surface area (Å²) in [7, 11) is 0. The largest absolute Gasteiger partial charge is 0.448 e. The van der Waals surface area contributed by atoms with E-state index in [9.17, 15) is 4.79 Å². The molecule has 1 fully saturated rings. The lowest BCUT2D eigenvalue weighted by Crippen LogP contribution is -2.41. The summed E-state index contributed by atoms with van der Waals surface area (Å²) in [5.74, 6) is 1.04. The molecule has 0 radical (unpaired) electrons. The lowest BCUT2D eigenvalue weighted by molar-refractivity contribution is -0.118. The van der Waals surface area contributed by atoms with Gasteiger partial charge in [-0.05, 0) is 44.0 Å². The van der Waals surface area contributed by atoms with Gasteiger partial charge in [0.15, 0.2) is 11.5 Å². The fourth-order valence-corrected chi connectivity index (χ4v) is 4.69. The first-order valence-corrected chi connectivity index (χ1v) is 10.3. The van der Waals surface area contributed by atoms with Gasteiger partial charge < -0.3 is 19.4 Å². The quantitative estimate of drug-likeness (QED) is 0.875. The van der Waals surface area contributed by atoms with Crippen LogP contribution in [0.2, 0.25) is 0 Å². The Labute approximate surface area is 165 Å². The maximum Gasteiger partial charge on any atom is 0.251 e. The van der Waals surface area contributed by atoms with Gasteiger partial charge in [-0.1, -0.05) is 6.42 Å². The summed E-state index contributed by atoms with van der Waals surface area (Å²) in [6.45, 7) is 4.33. The molecular formula is C22H27N3O3. The zero-order valence-corrected chi connectivity index (χ0v) is 16.3. The summed E-state index contributed by atoms with van der Waals surface area (Å²) in [4.78, 5) is 14.9. The lowest BCUT2D eigenvalue weighted by atomic mass is 9.94. The second kappa shape index (κ2) is 6.85. The van der Waals surface area contributed by atoms with E-state index in [4.69, 9.17) is 9.47 Å². The summed E-state index contributed by atoms with van der Waals surface area (Å²) in [5.41, 5.74) is 2.02. The highest BCUT2D eigenvalue weighted by Crippen LogP contribution is 2.46. The Hall–Kier alpha value is -2.47. The van der Waals surface area contributed by atoms with Crippen LogP contribution in [0.3, 0.4) is 0 Å². The van der Waals surface area contributed by atoms with E-state index in [1.807, 2.05) is 18.2 Å². The van der Waals surface area contributed by atoms with E-state index in [0.717, 1.165) is 56.0 Å². The molecule has 1 spiro atoms. The first kappa shape index (κ1) is 17.6. The van der Waals surface area contributed by atoms with Crippen LogP contribution in [0, 0.1) is 0 Å². The highest BCUT2D eigenvalue weighted by Gasteiger charge is 2.42. The van der Waals surface area contributed by atoms with Crippen LogP contribution < -0.4 is 14.8 Å². The summed E-state index contributed by atoms with van der Waals surface area (Å²) >= 11 is 0. The molecule has 6 heteroatoms. The number of amides is 1. The van der Waals surface area contributed by atoms with Crippen LogP contribution >= 0.6 is 0 Å². The van der Waals surface area contributed by atoms with Crippen LogP contribution in [-0.4, -0.2) is 34.3 Å². The van der Waals surface area contributed by atoms with Crippen LogP contribution in [0.5, 0.6) is 11.5 Å². The molecule has 28 heavy (non-hydrogen) atoms. The Morgan fingerprint density at radius 1 is 1.14 bits per heavy atom. The van der Waals surface area contributed by atoms with Crippen molar-refractivity contribution >= 4 is 11.6 Å². The van der Waals surface area contributed by atoms with Gasteiger partial charge in [0.25, 0.3) is 5.79 Å². The Balaban J connectivity index is 1.23. The number of hydrogen-bond acceptors (Lipinski definition) is 4. The zero-order valence-electron chi connectivity index (χ0n) is 16.3. The summed E-state index contributed by atoms with van der Waals surface area (Å²) < 4.78 is 14.5. The smallest absolute Gasteiger partial charge is 0.251 e. The number of ether oxygens (including phenoxy) is 2. The highest BCUT2D eigenvalue weighted by atomic mass is 16.7. The van der Waals surface area contributed by atoms with Crippen molar-refractivity contribution in [1.82, 2.24) is 9.47 Å². The number of fused-ring (bicyclic) bond motifs is 2. The summed E-state index contributed by atoms with van der Waals surface area (Å²) in [6.07, 6.45) is 7.47. The maximum atomic E-state index is 12.6. The standard InChI is InChI=1S/C22H27N3O3/c1-16-18-6-5-11-24(18)12-13-25(16)15-21(26)23-17-7-8-19-20(14-17)28-22(27-19)9-3-2-4-10-22/h5-8,11,14,16H,2-4,9-10,12-13,15H2,1H3,(H,23,26). The van der Waals surface area contributed by atoms with Crippen LogP contribution in [-0.2, 0) is 11.3 Å². The Kier molecular flexibility index (Phi) is 4.31. The molecule has 1 amide bonds. The van der Waals surface area contributed by atoms with Gasteiger partial charge in [-0.15, -0.1) is 0 Å². The van der Waals surface area contributed by atoms with Gasteiger partial charge in [-0.2, -0.15) is 0 Å². The molecule has 0 bridgehead atoms. The molecule has 0 saturated heterocycles. The van der Waals surface area contributed by atoms with E-state index in [0.29, 0.717) is 6.54 Å². The topological polar surface area (TPSA) is 55.7 Å². The van der Waals surface area contributed by atoms with Crippen molar-refractivity contribution in [2.45, 2.75) is 57.4 Å². The fourth-order valence-electron chi connectivity index (χ4n) is 4.69. The van der Waals surface area contributed by atoms with Crippen molar-refractivity contribution in [3.8, 4) is 11.5 Å². The molecule has 6 nitrogen and oxygen atoms in total. The molecule has 3 aliphatic rings. The van der Waals surface area contributed by atoms with Gasteiger partial charge in [0, 0.05) is 55.6 Å². The predicted octanol–water partition coefficient (Wildman–Crippen LogP) is 3.94. The van der Waals surface area contributed by atoms with E-state index in [2.05, 4.69) is 40.0 Å². The number of rotatable bonds is 3. The number of nitrogens with one attached hydrogen (secondary N) is 1. The van der Waals surface area contributed by atoms with Crippen molar-refractivity contribution in [3.63, 3.8) is 0 Å². The van der Waals surface area contributed by atoms with Crippen LogP contribution in [0.1, 0.15) is 50.8 Å². The summed E-state index contributed by atoms with van der Waals surface area (Å²) in [6, 6.07) is 10.1. The molecule has 1 aromatic heterocycles. The van der Waals surface area contributed by atoms with E-state index in [1.165, 1.54) is 12.1 Å². The van der Waals surface area contributed by atoms with Crippen LogP contribution in [0.25, 0.3) is 0 Å². The minimum atomic E-state index is -0.485. The molecule has 2 aliphatic heterocycles. The van der Waals surface area contributed by atoms with Crippen LogP contribution in [0.4, 0.5) is 5.69 Å². The van der Waals surface area contributed by atoms with E-state index in [-0.39, 0.29) is 11.9 Å². The molecule has 3 heterocycles. The number of anilines is 1. The zero-order chi connectivity index (χ0) is 19.1. The van der Waals surface area contributed by atoms with Crippen molar-refractivity contribution in [2.24, 2.45) is 0 Å². The molecule has 2 aromatic rings. The van der Waals surface area contributed by atoms with Gasteiger partial charge in [0.2, 0.25) is 5.91 Å². The molecule has 1 aromatic carbocycles. The van der Waals surface area contributed by atoms with E-state index in [1.54, 1.807) is 0 Å². The molecular weight excluding hydrogens is 354 g/mol. The monoisotopic (exact) mass is 381 g/mol. The first-order chi connectivity index (χ1) is 13.6. The lowest BCUT2D eigenvalue weighted by Gasteiger charge is -2.34. The number of carbonyl (C=O) groups is 1. The Morgan fingerprint density at radius 2 is 1.96 bits per heavy atom. The van der Waals surface area contributed by atoms with Crippen molar-refractivity contribution in [1.29, 1.82) is 0 Å². The van der Waals surface area contributed by atoms with Gasteiger partial charge >= 0.3 is 0 Å². The SMILES string of the molecule is CC1c2cccn2CCN1CC(=O)Nc1ccc2c(c1)OC1(CCCCC1)O2. The molecule has 5 rings (SSSR count). The van der Waals surface area contributed by atoms with Gasteiger partial charge in [-0.25, -0.2) is 0 Å². The minimum absolute atomic E-state index is 0.00176. The number of nitrogens with zero attached hydrogens (tertiary/aromatic N) is 2. The number of benzene rings is 1. The Morgan fingerprint density at radius 3 is 2.82 bits per heavy atom. The summed E-state index contributed by atoms with van der Waals surface area (Å²) in [5, 5.41) is 3.03. The van der Waals surface area contributed by atoms with Crippen molar-refractivity contribution in [3.05, 3.63) is 42.2 Å². The molecule has 1 unspecified atom stereocenters. The second-order valence-corrected chi connectivity index (χ2v) is 8.16. The molecule has 1 N–H and O–H groups in total. The van der Waals surface area contributed by atoms with Crippen molar-refractivity contribution in [2.75, 3.05) is 18.4 Å². The third kappa shape index (κ3) is 3.15. The fraction of sp³-hybridized carbons (Fsp3) is 0.500. The molecule has 1 atom stereocenters. The molecule has 1 aliphatic carbocycles.